The van der Waals surface area contributed by atoms with Crippen LogP contribution in [0.1, 0.15) is 62.5 Å². The minimum absolute atomic E-state index is 0.425. The normalized spacial score (nSPS) is 30.1. The molecule has 2 aliphatic rings. The molecule has 1 aromatic heterocycles. The Balaban J connectivity index is 1.62. The van der Waals surface area contributed by atoms with Crippen LogP contribution in [0, 0.1) is 31.6 Å². The van der Waals surface area contributed by atoms with Gasteiger partial charge in [-0.3, -0.25) is 4.68 Å². The van der Waals surface area contributed by atoms with E-state index < -0.39 is 0 Å². The fourth-order valence-corrected chi connectivity index (χ4v) is 4.70. The summed E-state index contributed by atoms with van der Waals surface area (Å²) in [4.78, 5) is 0. The van der Waals surface area contributed by atoms with E-state index >= 15 is 0 Å². The zero-order valence-electron chi connectivity index (χ0n) is 13.4. The highest BCUT2D eigenvalue weighted by atomic mass is 15.3. The average molecular weight is 275 g/mol. The predicted octanol–water partition coefficient (Wildman–Crippen LogP) is 3.61. The van der Waals surface area contributed by atoms with E-state index in [1.807, 2.05) is 0 Å². The molecule has 20 heavy (non-hydrogen) atoms. The van der Waals surface area contributed by atoms with Crippen molar-refractivity contribution in [2.24, 2.45) is 17.8 Å². The number of aryl methyl sites for hydroxylation is 2. The molecule has 0 saturated heterocycles. The van der Waals surface area contributed by atoms with Crippen molar-refractivity contribution < 1.29 is 0 Å². The second kappa shape index (κ2) is 5.51. The Kier molecular flexibility index (Phi) is 3.89. The van der Waals surface area contributed by atoms with Crippen molar-refractivity contribution in [1.82, 2.24) is 15.1 Å². The van der Waals surface area contributed by atoms with Crippen LogP contribution in [0.4, 0.5) is 0 Å². The molecule has 4 atom stereocenters. The zero-order valence-corrected chi connectivity index (χ0v) is 13.4. The van der Waals surface area contributed by atoms with Gasteiger partial charge >= 0.3 is 0 Å². The summed E-state index contributed by atoms with van der Waals surface area (Å²) in [5.41, 5.74) is 3.94. The lowest BCUT2D eigenvalue weighted by atomic mass is 9.88. The van der Waals surface area contributed by atoms with E-state index in [0.29, 0.717) is 6.04 Å². The van der Waals surface area contributed by atoms with Crippen molar-refractivity contribution in [2.45, 2.75) is 66.0 Å². The van der Waals surface area contributed by atoms with Gasteiger partial charge in [0.1, 0.15) is 0 Å². The molecular weight excluding hydrogens is 246 g/mol. The van der Waals surface area contributed by atoms with Gasteiger partial charge in [-0.05, 0) is 71.3 Å². The molecule has 2 fully saturated rings. The minimum atomic E-state index is 0.425. The smallest absolute Gasteiger partial charge is 0.0644 e. The van der Waals surface area contributed by atoms with Gasteiger partial charge in [0.15, 0.2) is 0 Å². The largest absolute Gasteiger partial charge is 0.310 e. The van der Waals surface area contributed by atoms with Crippen LogP contribution < -0.4 is 5.32 Å². The quantitative estimate of drug-likeness (QED) is 0.889. The van der Waals surface area contributed by atoms with E-state index in [1.165, 1.54) is 49.2 Å². The van der Waals surface area contributed by atoms with Crippen LogP contribution in [0.5, 0.6) is 0 Å². The predicted molar refractivity (Wildman–Crippen MR) is 82.7 cm³/mol. The van der Waals surface area contributed by atoms with Gasteiger partial charge < -0.3 is 5.32 Å². The molecule has 1 N–H and O–H groups in total. The summed E-state index contributed by atoms with van der Waals surface area (Å²) < 4.78 is 2.13. The first-order valence-electron chi connectivity index (χ1n) is 8.37. The number of hydrogen-bond donors (Lipinski definition) is 1. The van der Waals surface area contributed by atoms with Crippen molar-refractivity contribution in [1.29, 1.82) is 0 Å². The topological polar surface area (TPSA) is 29.9 Å². The second-order valence-electron chi connectivity index (χ2n) is 6.97. The third kappa shape index (κ3) is 2.41. The maximum absolute atomic E-state index is 4.64. The molecule has 112 valence electrons. The highest BCUT2D eigenvalue weighted by molar-refractivity contribution is 5.27. The summed E-state index contributed by atoms with van der Waals surface area (Å²) in [6, 6.07) is 0.425. The fraction of sp³-hybridized carbons (Fsp3) is 0.824. The van der Waals surface area contributed by atoms with Crippen LogP contribution in [0.3, 0.4) is 0 Å². The maximum atomic E-state index is 4.64. The number of aromatic nitrogens is 2. The van der Waals surface area contributed by atoms with Gasteiger partial charge in [0.2, 0.25) is 0 Å². The molecule has 0 amide bonds. The summed E-state index contributed by atoms with van der Waals surface area (Å²) >= 11 is 0. The Labute approximate surface area is 123 Å². The lowest BCUT2D eigenvalue weighted by Gasteiger charge is -2.24. The molecule has 0 aromatic carbocycles. The SMILES string of the molecule is CCn1nc(C)c(C(C)NCC2CC3CCC2C3)c1C. The van der Waals surface area contributed by atoms with E-state index in [9.17, 15) is 0 Å². The van der Waals surface area contributed by atoms with E-state index in [2.05, 4.69) is 42.8 Å². The van der Waals surface area contributed by atoms with Crippen LogP contribution >= 0.6 is 0 Å². The van der Waals surface area contributed by atoms with Crippen LogP contribution in [0.15, 0.2) is 0 Å². The minimum Gasteiger partial charge on any atom is -0.310 e. The molecule has 2 saturated carbocycles. The average Bonchev–Trinajstić information content (AvgIpc) is 3.10. The molecule has 4 unspecified atom stereocenters. The molecule has 0 radical (unpaired) electrons. The molecule has 1 aromatic rings. The zero-order chi connectivity index (χ0) is 14.3. The van der Waals surface area contributed by atoms with Crippen molar-refractivity contribution in [2.75, 3.05) is 6.54 Å². The molecule has 0 spiro atoms. The molecule has 3 rings (SSSR count). The van der Waals surface area contributed by atoms with Gasteiger partial charge in [0.05, 0.1) is 5.69 Å². The van der Waals surface area contributed by atoms with E-state index in [0.717, 1.165) is 24.3 Å². The first-order chi connectivity index (χ1) is 9.60. The molecule has 3 nitrogen and oxygen atoms in total. The molecule has 3 heteroatoms. The Morgan fingerprint density at radius 3 is 2.65 bits per heavy atom. The molecule has 1 heterocycles. The number of hydrogen-bond acceptors (Lipinski definition) is 2. The monoisotopic (exact) mass is 275 g/mol. The standard InChI is InChI=1S/C17H29N3/c1-5-20-13(4)17(12(3)19-20)11(2)18-10-16-9-14-6-7-15(16)8-14/h11,14-16,18H,5-10H2,1-4H3. The van der Waals surface area contributed by atoms with Gasteiger partial charge in [-0.2, -0.15) is 5.10 Å². The van der Waals surface area contributed by atoms with Crippen molar-refractivity contribution >= 4 is 0 Å². The van der Waals surface area contributed by atoms with E-state index in [4.69, 9.17) is 0 Å². The van der Waals surface area contributed by atoms with Gasteiger partial charge in [0.25, 0.3) is 0 Å². The first-order valence-corrected chi connectivity index (χ1v) is 8.37. The summed E-state index contributed by atoms with van der Waals surface area (Å²) in [7, 11) is 0. The molecular formula is C17H29N3. The number of fused-ring (bicyclic) bond motifs is 2. The Hall–Kier alpha value is -0.830. The maximum Gasteiger partial charge on any atom is 0.0644 e. The van der Waals surface area contributed by atoms with Crippen LogP contribution in [0.2, 0.25) is 0 Å². The third-order valence-corrected chi connectivity index (χ3v) is 5.74. The molecule has 2 aliphatic carbocycles. The second-order valence-corrected chi connectivity index (χ2v) is 6.97. The first kappa shape index (κ1) is 14.1. The fourth-order valence-electron chi connectivity index (χ4n) is 4.70. The summed E-state index contributed by atoms with van der Waals surface area (Å²) in [5.74, 6) is 2.99. The van der Waals surface area contributed by atoms with Gasteiger partial charge in [-0.25, -0.2) is 0 Å². The van der Waals surface area contributed by atoms with Gasteiger partial charge in [0, 0.05) is 23.8 Å². The highest BCUT2D eigenvalue weighted by Gasteiger charge is 2.39. The summed E-state index contributed by atoms with van der Waals surface area (Å²) in [6.07, 6.45) is 5.96. The summed E-state index contributed by atoms with van der Waals surface area (Å²) in [5, 5.41) is 8.44. The van der Waals surface area contributed by atoms with Crippen molar-refractivity contribution in [3.63, 3.8) is 0 Å². The van der Waals surface area contributed by atoms with Crippen LogP contribution in [-0.2, 0) is 6.54 Å². The lowest BCUT2D eigenvalue weighted by molar-refractivity contribution is 0.309. The third-order valence-electron chi connectivity index (χ3n) is 5.74. The van der Waals surface area contributed by atoms with Gasteiger partial charge in [-0.15, -0.1) is 0 Å². The number of rotatable bonds is 5. The number of nitrogens with one attached hydrogen (secondary N) is 1. The lowest BCUT2D eigenvalue weighted by Crippen LogP contribution is -2.29. The highest BCUT2D eigenvalue weighted by Crippen LogP contribution is 2.48. The number of nitrogens with zero attached hydrogens (tertiary/aromatic N) is 2. The van der Waals surface area contributed by atoms with Crippen molar-refractivity contribution in [3.05, 3.63) is 17.0 Å². The van der Waals surface area contributed by atoms with E-state index in [1.54, 1.807) is 0 Å². The van der Waals surface area contributed by atoms with E-state index in [-0.39, 0.29) is 0 Å². The van der Waals surface area contributed by atoms with Crippen molar-refractivity contribution in [3.8, 4) is 0 Å². The van der Waals surface area contributed by atoms with Gasteiger partial charge in [-0.1, -0.05) is 6.42 Å². The Bertz CT molecular complexity index is 477. The Morgan fingerprint density at radius 2 is 2.10 bits per heavy atom. The summed E-state index contributed by atoms with van der Waals surface area (Å²) in [6.45, 7) is 11.0. The Morgan fingerprint density at radius 1 is 1.30 bits per heavy atom. The molecule has 0 aliphatic heterocycles. The van der Waals surface area contributed by atoms with Crippen LogP contribution in [-0.4, -0.2) is 16.3 Å². The van der Waals surface area contributed by atoms with Crippen LogP contribution in [0.25, 0.3) is 0 Å². The molecule has 2 bridgehead atoms.